The molecule has 2 aliphatic heterocycles. The molecule has 2 saturated heterocycles. The Morgan fingerprint density at radius 1 is 1.26 bits per heavy atom. The molecule has 2 heterocycles. The number of nitrogens with one attached hydrogen (secondary N) is 2. The van der Waals surface area contributed by atoms with E-state index in [-0.39, 0.29) is 25.0 Å². The summed E-state index contributed by atoms with van der Waals surface area (Å²) >= 11 is 0. The van der Waals surface area contributed by atoms with Gasteiger partial charge in [0.05, 0.1) is 37.7 Å². The first-order valence-corrected chi connectivity index (χ1v) is 11.4. The summed E-state index contributed by atoms with van der Waals surface area (Å²) in [6.07, 6.45) is -1.07. The van der Waals surface area contributed by atoms with Crippen molar-refractivity contribution in [1.82, 2.24) is 20.7 Å². The van der Waals surface area contributed by atoms with Crippen molar-refractivity contribution in [1.29, 1.82) is 0 Å². The van der Waals surface area contributed by atoms with E-state index in [2.05, 4.69) is 10.7 Å². The molecule has 1 atom stereocenters. The van der Waals surface area contributed by atoms with Crippen LogP contribution in [0.4, 0.5) is 25.4 Å². The molecule has 4 amide bonds. The number of hydrogen-bond donors (Lipinski definition) is 2. The quantitative estimate of drug-likeness (QED) is 0.508. The van der Waals surface area contributed by atoms with Gasteiger partial charge in [0.25, 0.3) is 0 Å². The van der Waals surface area contributed by atoms with Gasteiger partial charge in [0.2, 0.25) is 5.91 Å². The van der Waals surface area contributed by atoms with Crippen LogP contribution in [0, 0.1) is 5.82 Å². The summed E-state index contributed by atoms with van der Waals surface area (Å²) in [7, 11) is 1.66. The number of cyclic esters (lactones) is 1. The number of nitrogens with zero attached hydrogens (tertiary/aromatic N) is 4. The lowest BCUT2D eigenvalue weighted by Crippen LogP contribution is -2.52. The molecule has 0 unspecified atom stereocenters. The van der Waals surface area contributed by atoms with Gasteiger partial charge in [-0.25, -0.2) is 19.4 Å². The standard InChI is InChI=1S/C22H33FN6O5/c1-4-27(8-7-25-26(3)21(31)28-9-11-33-12-10-28)20-6-5-17(13-19(20)23)29-15-18(34-22(29)32)14-24-16(2)30/h5-6,13,18,25H,4,7-12,14-15H2,1-3H3,(H,24,30)/t18-/m0/s1. The number of carbonyl (C=O) groups is 3. The Labute approximate surface area is 198 Å². The van der Waals surface area contributed by atoms with E-state index >= 15 is 0 Å². The Morgan fingerprint density at radius 2 is 2.00 bits per heavy atom. The monoisotopic (exact) mass is 480 g/mol. The summed E-state index contributed by atoms with van der Waals surface area (Å²) < 4.78 is 25.5. The van der Waals surface area contributed by atoms with Crippen LogP contribution in [0.1, 0.15) is 13.8 Å². The Hall–Kier alpha value is -3.12. The van der Waals surface area contributed by atoms with Gasteiger partial charge in [-0.15, -0.1) is 0 Å². The Kier molecular flexibility index (Phi) is 8.88. The number of carbonyl (C=O) groups excluding carboxylic acids is 3. The van der Waals surface area contributed by atoms with Gasteiger partial charge < -0.3 is 24.6 Å². The molecule has 1 aromatic carbocycles. The van der Waals surface area contributed by atoms with Crippen molar-refractivity contribution < 1.29 is 28.2 Å². The van der Waals surface area contributed by atoms with E-state index in [0.29, 0.717) is 57.3 Å². The van der Waals surface area contributed by atoms with Crippen LogP contribution in [0.2, 0.25) is 0 Å². The third-order valence-corrected chi connectivity index (χ3v) is 5.72. The highest BCUT2D eigenvalue weighted by Crippen LogP contribution is 2.27. The zero-order valence-electron chi connectivity index (χ0n) is 19.9. The van der Waals surface area contributed by atoms with Crippen LogP contribution in [0.15, 0.2) is 18.2 Å². The number of amides is 4. The van der Waals surface area contributed by atoms with Crippen molar-refractivity contribution in [3.8, 4) is 0 Å². The van der Waals surface area contributed by atoms with Crippen LogP contribution in [-0.4, -0.2) is 100 Å². The van der Waals surface area contributed by atoms with E-state index in [0.717, 1.165) is 0 Å². The molecule has 188 valence electrons. The maximum Gasteiger partial charge on any atom is 0.414 e. The van der Waals surface area contributed by atoms with Crippen molar-refractivity contribution in [3.63, 3.8) is 0 Å². The van der Waals surface area contributed by atoms with Gasteiger partial charge in [0.1, 0.15) is 11.9 Å². The Morgan fingerprint density at radius 3 is 2.65 bits per heavy atom. The fourth-order valence-corrected chi connectivity index (χ4v) is 3.85. The van der Waals surface area contributed by atoms with Crippen molar-refractivity contribution in [3.05, 3.63) is 24.0 Å². The lowest BCUT2D eigenvalue weighted by molar-refractivity contribution is -0.119. The smallest absolute Gasteiger partial charge is 0.414 e. The number of halogens is 1. The van der Waals surface area contributed by atoms with Gasteiger partial charge in [0.15, 0.2) is 0 Å². The third-order valence-electron chi connectivity index (χ3n) is 5.72. The molecule has 3 rings (SSSR count). The first-order chi connectivity index (χ1) is 16.3. The number of likely N-dealkylation sites (N-methyl/N-ethyl adjacent to an activating group) is 1. The van der Waals surface area contributed by atoms with Crippen LogP contribution >= 0.6 is 0 Å². The number of hydrogen-bond acceptors (Lipinski definition) is 7. The number of morpholine rings is 1. The molecule has 0 radical (unpaired) electrons. The molecular formula is C22H33FN6O5. The second-order valence-electron chi connectivity index (χ2n) is 8.12. The highest BCUT2D eigenvalue weighted by Gasteiger charge is 2.33. The topological polar surface area (TPSA) is 107 Å². The molecule has 0 spiro atoms. The molecule has 12 heteroatoms. The highest BCUT2D eigenvalue weighted by atomic mass is 19.1. The summed E-state index contributed by atoms with van der Waals surface area (Å²) in [6.45, 7) is 7.38. The number of rotatable bonds is 9. The molecule has 0 aliphatic carbocycles. The minimum Gasteiger partial charge on any atom is -0.442 e. The minimum atomic E-state index is -0.577. The van der Waals surface area contributed by atoms with Crippen molar-refractivity contribution in [2.45, 2.75) is 20.0 Å². The first kappa shape index (κ1) is 25.5. The van der Waals surface area contributed by atoms with Gasteiger partial charge in [-0.3, -0.25) is 14.7 Å². The molecule has 0 aromatic heterocycles. The number of benzene rings is 1. The first-order valence-electron chi connectivity index (χ1n) is 11.4. The number of anilines is 2. The maximum absolute atomic E-state index is 15.0. The van der Waals surface area contributed by atoms with Gasteiger partial charge in [-0.1, -0.05) is 0 Å². The average molecular weight is 481 g/mol. The Bertz CT molecular complexity index is 881. The number of hydrazine groups is 1. The van der Waals surface area contributed by atoms with Gasteiger partial charge >= 0.3 is 12.1 Å². The molecule has 1 aromatic rings. The lowest BCUT2D eigenvalue weighted by Gasteiger charge is -2.32. The lowest BCUT2D eigenvalue weighted by atomic mass is 10.2. The summed E-state index contributed by atoms with van der Waals surface area (Å²) in [6, 6.07) is 4.48. The van der Waals surface area contributed by atoms with E-state index in [1.165, 1.54) is 22.9 Å². The van der Waals surface area contributed by atoms with E-state index < -0.39 is 18.0 Å². The zero-order valence-corrected chi connectivity index (χ0v) is 19.9. The summed E-state index contributed by atoms with van der Waals surface area (Å²) in [4.78, 5) is 40.6. The molecule has 2 aliphatic rings. The molecule has 0 bridgehead atoms. The van der Waals surface area contributed by atoms with Crippen molar-refractivity contribution >= 4 is 29.4 Å². The van der Waals surface area contributed by atoms with Crippen molar-refractivity contribution in [2.75, 3.05) is 75.9 Å². The SMILES string of the molecule is CCN(CCNN(C)C(=O)N1CCOCC1)c1ccc(N2C[C@H](CNC(C)=O)OC2=O)cc1F. The normalized spacial score (nSPS) is 18.0. The molecule has 11 nitrogen and oxygen atoms in total. The summed E-state index contributed by atoms with van der Waals surface area (Å²) in [5, 5.41) is 4.05. The second-order valence-corrected chi connectivity index (χ2v) is 8.12. The molecule has 0 saturated carbocycles. The van der Waals surface area contributed by atoms with E-state index in [1.54, 1.807) is 24.1 Å². The summed E-state index contributed by atoms with van der Waals surface area (Å²) in [5.41, 5.74) is 3.85. The van der Waals surface area contributed by atoms with Crippen LogP contribution in [0.25, 0.3) is 0 Å². The number of urea groups is 1. The predicted octanol–water partition coefficient (Wildman–Crippen LogP) is 1.00. The van der Waals surface area contributed by atoms with E-state index in [9.17, 15) is 18.8 Å². The largest absolute Gasteiger partial charge is 0.442 e. The third kappa shape index (κ3) is 6.48. The zero-order chi connectivity index (χ0) is 24.7. The van der Waals surface area contributed by atoms with Crippen LogP contribution in [0.3, 0.4) is 0 Å². The van der Waals surface area contributed by atoms with Gasteiger partial charge in [0, 0.05) is 46.7 Å². The minimum absolute atomic E-state index is 0.129. The fraction of sp³-hybridized carbons (Fsp3) is 0.591. The maximum atomic E-state index is 15.0. The predicted molar refractivity (Wildman–Crippen MR) is 124 cm³/mol. The fourth-order valence-electron chi connectivity index (χ4n) is 3.85. The van der Waals surface area contributed by atoms with Crippen LogP contribution in [0.5, 0.6) is 0 Å². The van der Waals surface area contributed by atoms with Crippen LogP contribution < -0.4 is 20.5 Å². The second kappa shape index (κ2) is 11.8. The average Bonchev–Trinajstić information content (AvgIpc) is 3.21. The van der Waals surface area contributed by atoms with E-state index in [1.807, 2.05) is 11.8 Å². The van der Waals surface area contributed by atoms with Crippen LogP contribution in [-0.2, 0) is 14.3 Å². The molecule has 34 heavy (non-hydrogen) atoms. The molecule has 2 fully saturated rings. The van der Waals surface area contributed by atoms with Gasteiger partial charge in [-0.05, 0) is 25.1 Å². The van der Waals surface area contributed by atoms with Gasteiger partial charge in [-0.2, -0.15) is 0 Å². The molecular weight excluding hydrogens is 447 g/mol. The van der Waals surface area contributed by atoms with E-state index in [4.69, 9.17) is 9.47 Å². The summed E-state index contributed by atoms with van der Waals surface area (Å²) in [5.74, 6) is -0.675. The van der Waals surface area contributed by atoms with Crippen molar-refractivity contribution in [2.24, 2.45) is 0 Å². The Balaban J connectivity index is 1.54. The molecule has 2 N–H and O–H groups in total. The number of ether oxygens (including phenoxy) is 2. The highest BCUT2D eigenvalue weighted by molar-refractivity contribution is 5.90.